The highest BCUT2D eigenvalue weighted by atomic mass is 32.2. The van der Waals surface area contributed by atoms with E-state index >= 15 is 0 Å². The highest BCUT2D eigenvalue weighted by Gasteiger charge is 2.17. The van der Waals surface area contributed by atoms with Crippen LogP contribution in [0.15, 0.2) is 23.1 Å². The molecule has 1 aromatic rings. The maximum Gasteiger partial charge on any atom is 0.240 e. The number of hydrogen-bond acceptors (Lipinski definition) is 5. The number of hydrogen-bond donors (Lipinski definition) is 3. The third-order valence-electron chi connectivity index (χ3n) is 3.23. The number of nitrogens with one attached hydrogen (secondary N) is 2. The van der Waals surface area contributed by atoms with Crippen LogP contribution in [0, 0.1) is 5.92 Å². The molecule has 21 heavy (non-hydrogen) atoms. The molecule has 1 amide bonds. The summed E-state index contributed by atoms with van der Waals surface area (Å²) in [7, 11) is 1.22. The summed E-state index contributed by atoms with van der Waals surface area (Å²) >= 11 is 0. The third kappa shape index (κ3) is 4.08. The van der Waals surface area contributed by atoms with Gasteiger partial charge in [-0.05, 0) is 25.2 Å². The van der Waals surface area contributed by atoms with Crippen LogP contribution in [0.1, 0.15) is 6.92 Å². The van der Waals surface area contributed by atoms with Crippen molar-refractivity contribution in [2.45, 2.75) is 11.8 Å². The topological polar surface area (TPSA) is 105 Å². The van der Waals surface area contributed by atoms with Crippen LogP contribution in [0.2, 0.25) is 0 Å². The number of anilines is 2. The van der Waals surface area contributed by atoms with Crippen molar-refractivity contribution < 1.29 is 13.2 Å². The largest absolute Gasteiger partial charge is 0.397 e. The molecule has 0 fully saturated rings. The van der Waals surface area contributed by atoms with E-state index in [9.17, 15) is 13.2 Å². The Kier molecular flexibility index (Phi) is 5.56. The predicted octanol–water partition coefficient (Wildman–Crippen LogP) is -0.00480. The van der Waals surface area contributed by atoms with Gasteiger partial charge in [0.2, 0.25) is 15.9 Å². The number of benzene rings is 1. The monoisotopic (exact) mass is 314 g/mol. The average Bonchev–Trinajstić information content (AvgIpc) is 2.45. The van der Waals surface area contributed by atoms with Crippen molar-refractivity contribution in [2.24, 2.45) is 5.92 Å². The summed E-state index contributed by atoms with van der Waals surface area (Å²) < 4.78 is 25.7. The number of nitrogen functional groups attached to an aromatic ring is 1. The van der Waals surface area contributed by atoms with Gasteiger partial charge in [-0.2, -0.15) is 0 Å². The van der Waals surface area contributed by atoms with Crippen LogP contribution in [-0.4, -0.2) is 42.0 Å². The van der Waals surface area contributed by atoms with Crippen LogP contribution in [-0.2, 0) is 14.8 Å². The van der Waals surface area contributed by atoms with Crippen LogP contribution in [0.4, 0.5) is 11.4 Å². The fourth-order valence-corrected chi connectivity index (χ4v) is 2.77. The molecule has 1 aromatic carbocycles. The molecule has 7 nitrogen and oxygen atoms in total. The second-order valence-corrected chi connectivity index (χ2v) is 6.71. The Hall–Kier alpha value is -1.80. The van der Waals surface area contributed by atoms with Crippen molar-refractivity contribution >= 4 is 27.3 Å². The first-order valence-electron chi connectivity index (χ1n) is 6.48. The molecule has 0 radical (unpaired) electrons. The number of nitrogens with zero attached hydrogens (tertiary/aromatic N) is 1. The molecular formula is C13H22N4O3S. The summed E-state index contributed by atoms with van der Waals surface area (Å²) in [5.74, 6) is -0.269. The SMILES string of the molecule is CNC(=O)C(C)CN(C)c1ccc(S(=O)(=O)NC)cc1N. The summed E-state index contributed by atoms with van der Waals surface area (Å²) in [4.78, 5) is 13.5. The van der Waals surface area contributed by atoms with E-state index in [2.05, 4.69) is 10.0 Å². The number of amides is 1. The zero-order chi connectivity index (χ0) is 16.2. The second kappa shape index (κ2) is 6.77. The van der Waals surface area contributed by atoms with E-state index < -0.39 is 10.0 Å². The lowest BCUT2D eigenvalue weighted by molar-refractivity contribution is -0.123. The maximum absolute atomic E-state index is 11.7. The van der Waals surface area contributed by atoms with Crippen molar-refractivity contribution in [2.75, 3.05) is 38.3 Å². The summed E-state index contributed by atoms with van der Waals surface area (Å²) in [6.45, 7) is 2.29. The normalized spacial score (nSPS) is 12.8. The first-order valence-corrected chi connectivity index (χ1v) is 7.97. The van der Waals surface area contributed by atoms with Crippen LogP contribution in [0.3, 0.4) is 0 Å². The zero-order valence-corrected chi connectivity index (χ0v) is 13.5. The van der Waals surface area contributed by atoms with Crippen LogP contribution in [0.25, 0.3) is 0 Å². The number of rotatable bonds is 6. The van der Waals surface area contributed by atoms with Gasteiger partial charge in [-0.3, -0.25) is 4.79 Å². The van der Waals surface area contributed by atoms with Crippen LogP contribution in [0.5, 0.6) is 0 Å². The van der Waals surface area contributed by atoms with Gasteiger partial charge >= 0.3 is 0 Å². The molecule has 0 saturated carbocycles. The minimum Gasteiger partial charge on any atom is -0.397 e. The average molecular weight is 314 g/mol. The van der Waals surface area contributed by atoms with E-state index in [-0.39, 0.29) is 16.7 Å². The van der Waals surface area contributed by atoms with Gasteiger partial charge in [0, 0.05) is 20.6 Å². The third-order valence-corrected chi connectivity index (χ3v) is 4.64. The quantitative estimate of drug-likeness (QED) is 0.641. The summed E-state index contributed by atoms with van der Waals surface area (Å²) in [6.07, 6.45) is 0. The molecule has 0 bridgehead atoms. The molecule has 0 aliphatic rings. The standard InChI is InChI=1S/C13H22N4O3S/c1-9(13(18)15-2)8-17(4)12-6-5-10(7-11(12)14)21(19,20)16-3/h5-7,9,16H,8,14H2,1-4H3,(H,15,18). The van der Waals surface area contributed by atoms with E-state index in [1.165, 1.54) is 19.2 Å². The zero-order valence-electron chi connectivity index (χ0n) is 12.7. The fourth-order valence-electron chi connectivity index (χ4n) is 2.00. The molecule has 4 N–H and O–H groups in total. The van der Waals surface area contributed by atoms with Gasteiger partial charge in [0.05, 0.1) is 22.2 Å². The van der Waals surface area contributed by atoms with Crippen molar-refractivity contribution in [1.29, 1.82) is 0 Å². The van der Waals surface area contributed by atoms with Gasteiger partial charge < -0.3 is 16.0 Å². The number of carbonyl (C=O) groups excluding carboxylic acids is 1. The number of carbonyl (C=O) groups is 1. The molecule has 8 heteroatoms. The molecule has 0 aromatic heterocycles. The molecule has 0 saturated heterocycles. The lowest BCUT2D eigenvalue weighted by Gasteiger charge is -2.24. The number of nitrogens with two attached hydrogens (primary N) is 1. The van der Waals surface area contributed by atoms with E-state index in [0.717, 1.165) is 0 Å². The second-order valence-electron chi connectivity index (χ2n) is 4.82. The Morgan fingerprint density at radius 1 is 1.38 bits per heavy atom. The lowest BCUT2D eigenvalue weighted by atomic mass is 10.1. The van der Waals surface area contributed by atoms with Gasteiger partial charge in [-0.1, -0.05) is 6.92 Å². The molecule has 118 valence electrons. The lowest BCUT2D eigenvalue weighted by Crippen LogP contribution is -2.34. The minimum absolute atomic E-state index is 0.0604. The Balaban J connectivity index is 2.97. The van der Waals surface area contributed by atoms with Crippen molar-refractivity contribution in [3.63, 3.8) is 0 Å². The maximum atomic E-state index is 11.7. The summed E-state index contributed by atoms with van der Waals surface area (Å²) in [5, 5.41) is 2.59. The van der Waals surface area contributed by atoms with E-state index in [1.807, 2.05) is 11.8 Å². The van der Waals surface area contributed by atoms with Gasteiger partial charge in [0.25, 0.3) is 0 Å². The Labute approximate surface area is 125 Å². The summed E-state index contributed by atoms with van der Waals surface area (Å²) in [5.41, 5.74) is 6.95. The van der Waals surface area contributed by atoms with E-state index in [1.54, 1.807) is 20.2 Å². The molecule has 0 aliphatic carbocycles. The van der Waals surface area contributed by atoms with Gasteiger partial charge in [-0.15, -0.1) is 0 Å². The molecule has 1 rings (SSSR count). The molecule has 0 heterocycles. The van der Waals surface area contributed by atoms with Crippen LogP contribution >= 0.6 is 0 Å². The number of sulfonamides is 1. The highest BCUT2D eigenvalue weighted by molar-refractivity contribution is 7.89. The molecular weight excluding hydrogens is 292 g/mol. The highest BCUT2D eigenvalue weighted by Crippen LogP contribution is 2.26. The first kappa shape index (κ1) is 17.3. The summed E-state index contributed by atoms with van der Waals surface area (Å²) in [6, 6.07) is 4.52. The molecule has 0 aliphatic heterocycles. The first-order chi connectivity index (χ1) is 9.72. The smallest absolute Gasteiger partial charge is 0.240 e. The Morgan fingerprint density at radius 3 is 2.48 bits per heavy atom. The van der Waals surface area contributed by atoms with Gasteiger partial charge in [0.1, 0.15) is 0 Å². The molecule has 0 spiro atoms. The van der Waals surface area contributed by atoms with E-state index in [0.29, 0.717) is 17.9 Å². The van der Waals surface area contributed by atoms with E-state index in [4.69, 9.17) is 5.73 Å². The van der Waals surface area contributed by atoms with Crippen LogP contribution < -0.4 is 20.7 Å². The van der Waals surface area contributed by atoms with Gasteiger partial charge in [-0.25, -0.2) is 13.1 Å². The Bertz CT molecular complexity index is 616. The van der Waals surface area contributed by atoms with Gasteiger partial charge in [0.15, 0.2) is 0 Å². The minimum atomic E-state index is -3.52. The Morgan fingerprint density at radius 2 is 2.00 bits per heavy atom. The van der Waals surface area contributed by atoms with Crippen molar-refractivity contribution in [3.8, 4) is 0 Å². The predicted molar refractivity (Wildman–Crippen MR) is 83.6 cm³/mol. The molecule has 1 atom stereocenters. The fraction of sp³-hybridized carbons (Fsp3) is 0.462. The molecule has 1 unspecified atom stereocenters. The van der Waals surface area contributed by atoms with Crippen molar-refractivity contribution in [3.05, 3.63) is 18.2 Å². The van der Waals surface area contributed by atoms with Crippen molar-refractivity contribution in [1.82, 2.24) is 10.0 Å².